The fraction of sp³-hybridized carbons (Fsp3) is 0.0943. The third-order valence-corrected chi connectivity index (χ3v) is 11.6. The third kappa shape index (κ3) is 5.82. The summed E-state index contributed by atoms with van der Waals surface area (Å²) in [5.74, 6) is 0.989. The Hall–Kier alpha value is -6.64. The van der Waals surface area contributed by atoms with Crippen LogP contribution in [0.5, 0.6) is 0 Å². The van der Waals surface area contributed by atoms with Gasteiger partial charge in [-0.25, -0.2) is 9.97 Å². The average molecular weight is 705 g/mol. The van der Waals surface area contributed by atoms with Crippen LogP contribution in [0.2, 0.25) is 0 Å². The van der Waals surface area contributed by atoms with Crippen molar-refractivity contribution in [2.45, 2.75) is 31.6 Å². The summed E-state index contributed by atoms with van der Waals surface area (Å²) in [4.78, 5) is 10.2. The number of aromatic nitrogens is 2. The maximum absolute atomic E-state index is 5.11. The first-order valence-corrected chi connectivity index (χ1v) is 19.3. The lowest BCUT2D eigenvalue weighted by Crippen LogP contribution is -2.16. The monoisotopic (exact) mass is 704 g/mol. The minimum absolute atomic E-state index is 0.149. The molecule has 2 aliphatic carbocycles. The summed E-state index contributed by atoms with van der Waals surface area (Å²) in [6.07, 6.45) is 8.03. The van der Waals surface area contributed by atoms with Crippen molar-refractivity contribution in [2.75, 3.05) is 0 Å². The van der Waals surface area contributed by atoms with Crippen LogP contribution in [0.15, 0.2) is 188 Å². The van der Waals surface area contributed by atoms with E-state index in [1.54, 1.807) is 0 Å². The Balaban J connectivity index is 1.03. The van der Waals surface area contributed by atoms with Gasteiger partial charge in [0.05, 0.1) is 11.4 Å². The highest BCUT2D eigenvalue weighted by Gasteiger charge is 2.39. The van der Waals surface area contributed by atoms with Crippen molar-refractivity contribution < 1.29 is 0 Å². The number of allylic oxidation sites excluding steroid dienone is 4. The molecule has 262 valence electrons. The standard InChI is InChI=1S/C53H40N2/c1-53(2)47-33-41(28-29-45(47)50-46(35-16-6-3-7-17-35)32-42-22-12-13-27-44(42)51(50)53)39-24-14-23-38(30-39)40-25-15-26-43(31-40)52-54-48(36-18-8-4-9-19-36)34-49(55-52)37-20-10-5-11-21-37/h3-23,25-34,39H,24H2,1-2H3. The first-order valence-electron chi connectivity index (χ1n) is 19.3. The van der Waals surface area contributed by atoms with E-state index in [2.05, 4.69) is 190 Å². The molecule has 0 radical (unpaired) electrons. The van der Waals surface area contributed by atoms with Gasteiger partial charge in [-0.15, -0.1) is 0 Å². The Morgan fingerprint density at radius 2 is 1.15 bits per heavy atom. The molecule has 1 atom stereocenters. The Labute approximate surface area is 323 Å². The second kappa shape index (κ2) is 13.3. The Kier molecular flexibility index (Phi) is 7.99. The molecule has 0 spiro atoms. The van der Waals surface area contributed by atoms with Gasteiger partial charge in [-0.2, -0.15) is 0 Å². The van der Waals surface area contributed by atoms with Crippen LogP contribution in [0.4, 0.5) is 0 Å². The van der Waals surface area contributed by atoms with Gasteiger partial charge >= 0.3 is 0 Å². The lowest BCUT2D eigenvalue weighted by Gasteiger charge is -2.25. The van der Waals surface area contributed by atoms with Gasteiger partial charge in [-0.3, -0.25) is 0 Å². The molecule has 1 heterocycles. The van der Waals surface area contributed by atoms with E-state index in [0.29, 0.717) is 0 Å². The molecule has 0 fully saturated rings. The van der Waals surface area contributed by atoms with Crippen molar-refractivity contribution in [3.63, 3.8) is 0 Å². The molecule has 2 aliphatic rings. The summed E-state index contributed by atoms with van der Waals surface area (Å²) in [7, 11) is 0. The van der Waals surface area contributed by atoms with Crippen LogP contribution in [-0.2, 0) is 5.41 Å². The van der Waals surface area contributed by atoms with Crippen LogP contribution in [-0.4, -0.2) is 9.97 Å². The van der Waals surface area contributed by atoms with E-state index >= 15 is 0 Å². The smallest absolute Gasteiger partial charge is 0.160 e. The van der Waals surface area contributed by atoms with Crippen molar-refractivity contribution in [3.05, 3.63) is 210 Å². The quantitative estimate of drug-likeness (QED) is 0.172. The van der Waals surface area contributed by atoms with Gasteiger partial charge < -0.3 is 0 Å². The van der Waals surface area contributed by atoms with Gasteiger partial charge in [-0.05, 0) is 85.5 Å². The molecule has 8 aromatic rings. The molecule has 7 aromatic carbocycles. The molecule has 1 unspecified atom stereocenters. The summed E-state index contributed by atoms with van der Waals surface area (Å²) >= 11 is 0. The summed E-state index contributed by atoms with van der Waals surface area (Å²) in [6, 6.07) is 61.0. The predicted molar refractivity (Wildman–Crippen MR) is 230 cm³/mol. The van der Waals surface area contributed by atoms with Crippen molar-refractivity contribution in [2.24, 2.45) is 0 Å². The summed E-state index contributed by atoms with van der Waals surface area (Å²) in [5, 5.41) is 2.64. The SMILES string of the molecule is CC1(C)c2cc(C3C=C(c4cccc(-c5nc(-c6ccccc6)cc(-c6ccccc6)n5)c4)C=CC3)ccc2-c2c(-c3ccccc3)cc3ccccc3c21. The molecule has 0 saturated heterocycles. The van der Waals surface area contributed by atoms with Crippen LogP contribution < -0.4 is 0 Å². The van der Waals surface area contributed by atoms with Crippen molar-refractivity contribution in [1.29, 1.82) is 0 Å². The minimum atomic E-state index is -0.149. The molecule has 0 aliphatic heterocycles. The largest absolute Gasteiger partial charge is 0.228 e. The van der Waals surface area contributed by atoms with Gasteiger partial charge in [0.15, 0.2) is 5.82 Å². The fourth-order valence-corrected chi connectivity index (χ4v) is 8.82. The highest BCUT2D eigenvalue weighted by atomic mass is 14.9. The number of hydrogen-bond donors (Lipinski definition) is 0. The summed E-state index contributed by atoms with van der Waals surface area (Å²) in [6.45, 7) is 4.82. The zero-order valence-corrected chi connectivity index (χ0v) is 31.1. The van der Waals surface area contributed by atoms with Gasteiger partial charge in [0.1, 0.15) is 0 Å². The molecular formula is C53H40N2. The van der Waals surface area contributed by atoms with E-state index < -0.39 is 0 Å². The number of benzene rings is 7. The van der Waals surface area contributed by atoms with E-state index in [9.17, 15) is 0 Å². The van der Waals surface area contributed by atoms with Gasteiger partial charge in [0.25, 0.3) is 0 Å². The zero-order valence-electron chi connectivity index (χ0n) is 31.1. The van der Waals surface area contributed by atoms with Crippen LogP contribution in [0.3, 0.4) is 0 Å². The maximum atomic E-state index is 5.11. The van der Waals surface area contributed by atoms with Gasteiger partial charge in [0, 0.05) is 28.0 Å². The first-order chi connectivity index (χ1) is 27.0. The topological polar surface area (TPSA) is 25.8 Å². The van der Waals surface area contributed by atoms with Crippen molar-refractivity contribution in [3.8, 4) is 56.2 Å². The Bertz CT molecular complexity index is 2740. The molecule has 0 saturated carbocycles. The van der Waals surface area contributed by atoms with E-state index in [1.165, 1.54) is 60.9 Å². The van der Waals surface area contributed by atoms with Crippen LogP contribution >= 0.6 is 0 Å². The highest BCUT2D eigenvalue weighted by Crippen LogP contribution is 2.55. The van der Waals surface area contributed by atoms with E-state index in [4.69, 9.17) is 9.97 Å². The first kappa shape index (κ1) is 33.0. The van der Waals surface area contributed by atoms with Gasteiger partial charge in [-0.1, -0.05) is 184 Å². The maximum Gasteiger partial charge on any atom is 0.160 e. The van der Waals surface area contributed by atoms with E-state index in [0.717, 1.165) is 40.3 Å². The number of hydrogen-bond acceptors (Lipinski definition) is 2. The molecular weight excluding hydrogens is 665 g/mol. The van der Waals surface area contributed by atoms with Crippen LogP contribution in [0, 0.1) is 0 Å². The summed E-state index contributed by atoms with van der Waals surface area (Å²) < 4.78 is 0. The number of rotatable bonds is 6. The number of nitrogens with zero attached hydrogens (tertiary/aromatic N) is 2. The Morgan fingerprint density at radius 1 is 0.527 bits per heavy atom. The molecule has 2 heteroatoms. The van der Waals surface area contributed by atoms with Crippen LogP contribution in [0.25, 0.3) is 72.5 Å². The Morgan fingerprint density at radius 3 is 1.85 bits per heavy atom. The second-order valence-corrected chi connectivity index (χ2v) is 15.3. The second-order valence-electron chi connectivity index (χ2n) is 15.3. The third-order valence-electron chi connectivity index (χ3n) is 11.6. The zero-order chi connectivity index (χ0) is 36.9. The van der Waals surface area contributed by atoms with Crippen LogP contribution in [0.1, 0.15) is 48.4 Å². The molecule has 55 heavy (non-hydrogen) atoms. The molecule has 0 bridgehead atoms. The van der Waals surface area contributed by atoms with E-state index in [-0.39, 0.29) is 11.3 Å². The van der Waals surface area contributed by atoms with E-state index in [1.807, 2.05) is 12.1 Å². The molecule has 10 rings (SSSR count). The molecule has 2 nitrogen and oxygen atoms in total. The lowest BCUT2D eigenvalue weighted by molar-refractivity contribution is 0.664. The number of fused-ring (bicyclic) bond motifs is 5. The molecule has 0 N–H and O–H groups in total. The van der Waals surface area contributed by atoms with Crippen molar-refractivity contribution in [1.82, 2.24) is 9.97 Å². The predicted octanol–water partition coefficient (Wildman–Crippen LogP) is 13.7. The lowest BCUT2D eigenvalue weighted by atomic mass is 9.78. The average Bonchev–Trinajstić information content (AvgIpc) is 3.50. The molecule has 0 amide bonds. The fourth-order valence-electron chi connectivity index (χ4n) is 8.82. The summed E-state index contributed by atoms with van der Waals surface area (Å²) in [5.41, 5.74) is 16.7. The van der Waals surface area contributed by atoms with Gasteiger partial charge in [0.2, 0.25) is 0 Å². The van der Waals surface area contributed by atoms with Crippen molar-refractivity contribution >= 4 is 16.3 Å². The normalized spacial score (nSPS) is 15.4. The molecule has 1 aromatic heterocycles. The minimum Gasteiger partial charge on any atom is -0.228 e. The highest BCUT2D eigenvalue weighted by molar-refractivity contribution is 6.04.